The minimum atomic E-state index is -0.979. The number of benzodiazepines with no additional fused rings is 1. The fourth-order valence-electron chi connectivity index (χ4n) is 5.12. The van der Waals surface area contributed by atoms with Crippen molar-refractivity contribution in [3.63, 3.8) is 0 Å². The quantitative estimate of drug-likeness (QED) is 0.853. The first-order chi connectivity index (χ1) is 13.8. The number of fused-ring (bicyclic) bond motifs is 5. The predicted molar refractivity (Wildman–Crippen MR) is 115 cm³/mol. The summed E-state index contributed by atoms with van der Waals surface area (Å²) < 4.78 is 0. The Kier molecular flexibility index (Phi) is 5.47. The van der Waals surface area contributed by atoms with Crippen molar-refractivity contribution in [2.45, 2.75) is 52.6 Å². The van der Waals surface area contributed by atoms with Crippen molar-refractivity contribution in [1.29, 1.82) is 0 Å². The molecule has 5 rings (SSSR count). The third kappa shape index (κ3) is 3.82. The van der Waals surface area contributed by atoms with Crippen LogP contribution in [0.5, 0.6) is 0 Å². The fraction of sp³-hybridized carbons (Fsp3) is 0.609. The van der Waals surface area contributed by atoms with Crippen LogP contribution in [-0.4, -0.2) is 48.2 Å². The Morgan fingerprint density at radius 3 is 2.38 bits per heavy atom. The average molecular weight is 397 g/mol. The molecule has 1 aromatic carbocycles. The Morgan fingerprint density at radius 2 is 1.79 bits per heavy atom. The van der Waals surface area contributed by atoms with Gasteiger partial charge in [-0.3, -0.25) is 19.5 Å². The minimum absolute atomic E-state index is 0.0200. The largest absolute Gasteiger partial charge is 0.341 e. The number of carbonyl (C=O) groups is 2. The van der Waals surface area contributed by atoms with Crippen molar-refractivity contribution in [3.05, 3.63) is 29.3 Å². The molecule has 1 aliphatic carbocycles. The second kappa shape index (κ2) is 7.90. The van der Waals surface area contributed by atoms with Crippen molar-refractivity contribution in [2.75, 3.05) is 24.5 Å². The summed E-state index contributed by atoms with van der Waals surface area (Å²) in [5, 5.41) is 0. The molecule has 2 N–H and O–H groups in total. The number of nitrogens with zero attached hydrogens (tertiary/aromatic N) is 3. The first-order valence-corrected chi connectivity index (χ1v) is 10.9. The topological polar surface area (TPSA) is 79.0 Å². The Bertz CT molecular complexity index is 825. The zero-order valence-corrected chi connectivity index (χ0v) is 17.7. The summed E-state index contributed by atoms with van der Waals surface area (Å²) in [6.45, 7) is 7.75. The molecule has 3 heterocycles. The van der Waals surface area contributed by atoms with Gasteiger partial charge >= 0.3 is 0 Å². The van der Waals surface area contributed by atoms with Gasteiger partial charge in [-0.2, -0.15) is 0 Å². The lowest BCUT2D eigenvalue weighted by Crippen LogP contribution is -2.49. The van der Waals surface area contributed by atoms with E-state index in [0.29, 0.717) is 11.8 Å². The molecule has 2 saturated heterocycles. The Balaban J connectivity index is 1.66. The highest BCUT2D eigenvalue weighted by atomic mass is 16.2. The molecule has 0 spiro atoms. The number of rotatable bonds is 3. The lowest BCUT2D eigenvalue weighted by Gasteiger charge is -2.29. The standard InChI is InChI=1S/C23H32N4O2/c1-14(2)20-18-6-4-5-15(3)21(18)27(23(29)22(24)25-20)13-19(28)26-11-16-7-8-17(12-26)10-9-16/h4-6,14,16-17,22H,7-13,24H2,1-3H3/t16?,17?,22-/m0/s1. The maximum Gasteiger partial charge on any atom is 0.266 e. The van der Waals surface area contributed by atoms with Crippen LogP contribution in [0.4, 0.5) is 5.69 Å². The molecule has 6 nitrogen and oxygen atoms in total. The number of hydrogen-bond donors (Lipinski definition) is 1. The van der Waals surface area contributed by atoms with E-state index in [0.717, 1.165) is 35.6 Å². The smallest absolute Gasteiger partial charge is 0.266 e. The number of nitrogens with two attached hydrogens (primary N) is 1. The number of para-hydroxylation sites is 1. The molecule has 1 atom stereocenters. The van der Waals surface area contributed by atoms with Crippen LogP contribution >= 0.6 is 0 Å². The first kappa shape index (κ1) is 20.1. The van der Waals surface area contributed by atoms with Crippen LogP contribution in [0.2, 0.25) is 0 Å². The Morgan fingerprint density at radius 1 is 1.17 bits per heavy atom. The van der Waals surface area contributed by atoms with Gasteiger partial charge < -0.3 is 10.6 Å². The lowest BCUT2D eigenvalue weighted by molar-refractivity contribution is -0.132. The maximum absolute atomic E-state index is 13.3. The number of amides is 2. The zero-order chi connectivity index (χ0) is 20.7. The Labute approximate surface area is 173 Å². The molecule has 156 valence electrons. The third-order valence-corrected chi connectivity index (χ3v) is 6.70. The molecular formula is C23H32N4O2. The van der Waals surface area contributed by atoms with E-state index in [1.54, 1.807) is 4.90 Å². The zero-order valence-electron chi connectivity index (χ0n) is 17.7. The summed E-state index contributed by atoms with van der Waals surface area (Å²) in [6.07, 6.45) is 3.89. The van der Waals surface area contributed by atoms with Crippen LogP contribution in [-0.2, 0) is 9.59 Å². The molecule has 29 heavy (non-hydrogen) atoms. The van der Waals surface area contributed by atoms with Crippen LogP contribution in [0.1, 0.15) is 50.7 Å². The number of anilines is 1. The number of aryl methyl sites for hydroxylation is 1. The van der Waals surface area contributed by atoms with Gasteiger partial charge in [-0.25, -0.2) is 0 Å². The van der Waals surface area contributed by atoms with E-state index < -0.39 is 6.17 Å². The molecule has 0 unspecified atom stereocenters. The minimum Gasteiger partial charge on any atom is -0.341 e. The van der Waals surface area contributed by atoms with Crippen LogP contribution in [0.25, 0.3) is 0 Å². The van der Waals surface area contributed by atoms with Gasteiger partial charge in [-0.1, -0.05) is 32.0 Å². The van der Waals surface area contributed by atoms with Crippen LogP contribution in [0, 0.1) is 24.7 Å². The number of aliphatic imine (C=N–C) groups is 1. The number of hydrogen-bond acceptors (Lipinski definition) is 4. The van der Waals surface area contributed by atoms with E-state index >= 15 is 0 Å². The monoisotopic (exact) mass is 396 g/mol. The normalized spacial score (nSPS) is 26.9. The highest BCUT2D eigenvalue weighted by molar-refractivity contribution is 6.15. The van der Waals surface area contributed by atoms with Crippen LogP contribution in [0.3, 0.4) is 0 Å². The number of carbonyl (C=O) groups excluding carboxylic acids is 2. The van der Waals surface area contributed by atoms with Gasteiger partial charge in [0.2, 0.25) is 5.91 Å². The summed E-state index contributed by atoms with van der Waals surface area (Å²) >= 11 is 0. The lowest BCUT2D eigenvalue weighted by atomic mass is 9.84. The second-order valence-electron chi connectivity index (χ2n) is 9.19. The summed E-state index contributed by atoms with van der Waals surface area (Å²) in [4.78, 5) is 34.6. The molecule has 0 radical (unpaired) electrons. The van der Waals surface area contributed by atoms with E-state index in [2.05, 4.69) is 18.8 Å². The van der Waals surface area contributed by atoms with Crippen LogP contribution in [0.15, 0.2) is 23.2 Å². The molecule has 4 aliphatic rings. The van der Waals surface area contributed by atoms with E-state index in [9.17, 15) is 9.59 Å². The van der Waals surface area contributed by atoms with E-state index in [-0.39, 0.29) is 24.3 Å². The molecule has 1 saturated carbocycles. The van der Waals surface area contributed by atoms with Gasteiger partial charge in [0.25, 0.3) is 5.91 Å². The van der Waals surface area contributed by atoms with E-state index in [1.807, 2.05) is 30.0 Å². The predicted octanol–water partition coefficient (Wildman–Crippen LogP) is 2.72. The fourth-order valence-corrected chi connectivity index (χ4v) is 5.12. The summed E-state index contributed by atoms with van der Waals surface area (Å²) in [7, 11) is 0. The van der Waals surface area contributed by atoms with Gasteiger partial charge in [0.1, 0.15) is 6.54 Å². The van der Waals surface area contributed by atoms with Gasteiger partial charge in [0, 0.05) is 24.4 Å². The van der Waals surface area contributed by atoms with Crippen LogP contribution < -0.4 is 10.6 Å². The summed E-state index contributed by atoms with van der Waals surface area (Å²) in [5.74, 6) is 1.05. The van der Waals surface area contributed by atoms with Crippen molar-refractivity contribution in [1.82, 2.24) is 4.90 Å². The molecule has 6 heteroatoms. The summed E-state index contributed by atoms with van der Waals surface area (Å²) in [5.41, 5.74) is 9.63. The molecule has 2 amide bonds. The van der Waals surface area contributed by atoms with Crippen molar-refractivity contribution in [2.24, 2.45) is 28.5 Å². The molecule has 1 aromatic rings. The molecule has 2 bridgehead atoms. The maximum atomic E-state index is 13.3. The Hall–Kier alpha value is -2.21. The highest BCUT2D eigenvalue weighted by Crippen LogP contribution is 2.35. The SMILES string of the molecule is Cc1cccc2c1N(CC(=O)N1CC3CCC(CC3)C1)C(=O)[C@@H](N)N=C2C(C)C. The number of benzene rings is 1. The molecule has 3 fully saturated rings. The first-order valence-electron chi connectivity index (χ1n) is 10.9. The van der Waals surface area contributed by atoms with Gasteiger partial charge in [-0.05, 0) is 55.9 Å². The summed E-state index contributed by atoms with van der Waals surface area (Å²) in [6, 6.07) is 5.93. The van der Waals surface area contributed by atoms with Gasteiger partial charge in [-0.15, -0.1) is 0 Å². The van der Waals surface area contributed by atoms with E-state index in [4.69, 9.17) is 5.73 Å². The molecule has 3 aliphatic heterocycles. The van der Waals surface area contributed by atoms with Gasteiger partial charge in [0.05, 0.1) is 5.69 Å². The van der Waals surface area contributed by atoms with Crippen molar-refractivity contribution >= 4 is 23.2 Å². The average Bonchev–Trinajstić information content (AvgIpc) is 3.07. The van der Waals surface area contributed by atoms with Crippen molar-refractivity contribution < 1.29 is 9.59 Å². The second-order valence-corrected chi connectivity index (χ2v) is 9.19. The highest BCUT2D eigenvalue weighted by Gasteiger charge is 2.36. The molecular weight excluding hydrogens is 364 g/mol. The van der Waals surface area contributed by atoms with Gasteiger partial charge in [0.15, 0.2) is 6.17 Å². The van der Waals surface area contributed by atoms with Crippen molar-refractivity contribution in [3.8, 4) is 0 Å². The third-order valence-electron chi connectivity index (χ3n) is 6.70. The molecule has 0 aromatic heterocycles. The van der Waals surface area contributed by atoms with E-state index in [1.165, 1.54) is 25.7 Å².